The number of esters is 1. The van der Waals surface area contributed by atoms with Gasteiger partial charge >= 0.3 is 5.97 Å². The summed E-state index contributed by atoms with van der Waals surface area (Å²) < 4.78 is 5.48. The SMILES string of the molecule is Cc1cccc(C(=O)Oc2ccc(/C=N/Nc3nc(Nc4ccccc4)nc(N4CCCCC4)n3)cc2)c1. The molecule has 1 fully saturated rings. The summed E-state index contributed by atoms with van der Waals surface area (Å²) >= 11 is 0. The van der Waals surface area contributed by atoms with E-state index in [-0.39, 0.29) is 0 Å². The van der Waals surface area contributed by atoms with Crippen molar-refractivity contribution < 1.29 is 9.53 Å². The molecular weight excluding hydrogens is 478 g/mol. The minimum atomic E-state index is -0.393. The zero-order valence-electron chi connectivity index (χ0n) is 21.2. The number of piperidine rings is 1. The molecule has 0 saturated carbocycles. The quantitative estimate of drug-likeness (QED) is 0.138. The number of ether oxygens (including phenoxy) is 1. The van der Waals surface area contributed by atoms with Gasteiger partial charge in [-0.2, -0.15) is 20.1 Å². The molecular formula is C29H29N7O2. The molecule has 1 aliphatic heterocycles. The third kappa shape index (κ3) is 6.70. The van der Waals surface area contributed by atoms with Crippen LogP contribution in [-0.2, 0) is 0 Å². The van der Waals surface area contributed by atoms with E-state index >= 15 is 0 Å². The number of aromatic nitrogens is 3. The number of benzene rings is 3. The van der Waals surface area contributed by atoms with Crippen LogP contribution in [0.15, 0.2) is 84.0 Å². The number of para-hydroxylation sites is 1. The largest absolute Gasteiger partial charge is 0.423 e. The fraction of sp³-hybridized carbons (Fsp3) is 0.207. The molecule has 9 heteroatoms. The Hall–Kier alpha value is -4.79. The number of anilines is 4. The molecule has 192 valence electrons. The molecule has 0 atom stereocenters. The third-order valence-corrected chi connectivity index (χ3v) is 6.02. The Bertz CT molecular complexity index is 1400. The van der Waals surface area contributed by atoms with Crippen molar-refractivity contribution in [3.8, 4) is 5.75 Å². The first-order chi connectivity index (χ1) is 18.6. The molecule has 1 aromatic heterocycles. The number of nitrogens with one attached hydrogen (secondary N) is 2. The fourth-order valence-electron chi connectivity index (χ4n) is 4.08. The van der Waals surface area contributed by atoms with Gasteiger partial charge in [-0.15, -0.1) is 0 Å². The second-order valence-corrected chi connectivity index (χ2v) is 9.02. The zero-order chi connectivity index (χ0) is 26.2. The third-order valence-electron chi connectivity index (χ3n) is 6.02. The standard InChI is InChI=1S/C29H29N7O2/c1-21-9-8-10-23(19-21)26(37)38-25-15-13-22(14-16-25)20-30-35-28-32-27(31-24-11-4-2-5-12-24)33-29(34-28)36-17-6-3-7-18-36/h2,4-5,8-16,19-20H,3,6-7,17-18H2,1H3,(H2,31,32,33,34,35)/b30-20+. The summed E-state index contributed by atoms with van der Waals surface area (Å²) in [5.74, 6) is 1.48. The van der Waals surface area contributed by atoms with E-state index < -0.39 is 5.97 Å². The Morgan fingerprint density at radius 1 is 0.895 bits per heavy atom. The van der Waals surface area contributed by atoms with Crippen LogP contribution in [0.2, 0.25) is 0 Å². The van der Waals surface area contributed by atoms with Crippen molar-refractivity contribution in [2.45, 2.75) is 26.2 Å². The van der Waals surface area contributed by atoms with Gasteiger partial charge in [-0.1, -0.05) is 35.9 Å². The van der Waals surface area contributed by atoms with Crippen LogP contribution >= 0.6 is 0 Å². The van der Waals surface area contributed by atoms with Crippen molar-refractivity contribution in [3.05, 3.63) is 95.6 Å². The lowest BCUT2D eigenvalue weighted by Gasteiger charge is -2.26. The van der Waals surface area contributed by atoms with Crippen LogP contribution < -0.4 is 20.4 Å². The van der Waals surface area contributed by atoms with E-state index in [0.717, 1.165) is 42.7 Å². The highest BCUT2D eigenvalue weighted by Gasteiger charge is 2.16. The van der Waals surface area contributed by atoms with E-state index in [1.54, 1.807) is 30.5 Å². The van der Waals surface area contributed by atoms with Gasteiger partial charge in [-0.05, 0) is 80.3 Å². The summed E-state index contributed by atoms with van der Waals surface area (Å²) in [6.45, 7) is 3.77. The summed E-state index contributed by atoms with van der Waals surface area (Å²) in [6.07, 6.45) is 5.10. The van der Waals surface area contributed by atoms with Crippen molar-refractivity contribution in [2.75, 3.05) is 28.7 Å². The number of carbonyl (C=O) groups excluding carboxylic acids is 1. The number of rotatable bonds is 8. The van der Waals surface area contributed by atoms with E-state index in [1.807, 2.05) is 61.5 Å². The lowest BCUT2D eigenvalue weighted by atomic mass is 10.1. The molecule has 5 rings (SSSR count). The Balaban J connectivity index is 1.26. The molecule has 0 spiro atoms. The molecule has 0 bridgehead atoms. The van der Waals surface area contributed by atoms with Crippen molar-refractivity contribution in [3.63, 3.8) is 0 Å². The summed E-state index contributed by atoms with van der Waals surface area (Å²) in [5.41, 5.74) is 6.16. The van der Waals surface area contributed by atoms with Crippen LogP contribution in [0.1, 0.15) is 40.7 Å². The van der Waals surface area contributed by atoms with Crippen molar-refractivity contribution in [1.82, 2.24) is 15.0 Å². The molecule has 38 heavy (non-hydrogen) atoms. The van der Waals surface area contributed by atoms with Gasteiger partial charge in [0.15, 0.2) is 0 Å². The normalized spacial score (nSPS) is 13.3. The van der Waals surface area contributed by atoms with Crippen LogP contribution in [0.3, 0.4) is 0 Å². The summed E-state index contributed by atoms with van der Waals surface area (Å²) in [4.78, 5) is 28.3. The fourth-order valence-corrected chi connectivity index (χ4v) is 4.08. The minimum Gasteiger partial charge on any atom is -0.423 e. The van der Waals surface area contributed by atoms with E-state index in [4.69, 9.17) is 4.74 Å². The number of nitrogens with zero attached hydrogens (tertiary/aromatic N) is 5. The van der Waals surface area contributed by atoms with Crippen LogP contribution in [0.25, 0.3) is 0 Å². The number of carbonyl (C=O) groups is 1. The Morgan fingerprint density at radius 3 is 2.42 bits per heavy atom. The van der Waals surface area contributed by atoms with Crippen molar-refractivity contribution in [2.24, 2.45) is 5.10 Å². The van der Waals surface area contributed by atoms with Gasteiger partial charge in [0, 0.05) is 18.8 Å². The predicted octanol–water partition coefficient (Wildman–Crippen LogP) is 5.58. The van der Waals surface area contributed by atoms with Gasteiger partial charge in [0.2, 0.25) is 17.8 Å². The number of hydrogen-bond acceptors (Lipinski definition) is 9. The zero-order valence-corrected chi connectivity index (χ0v) is 21.2. The molecule has 1 saturated heterocycles. The molecule has 2 heterocycles. The molecule has 0 unspecified atom stereocenters. The first-order valence-electron chi connectivity index (χ1n) is 12.6. The average Bonchev–Trinajstić information content (AvgIpc) is 2.95. The minimum absolute atomic E-state index is 0.346. The number of aryl methyl sites for hydroxylation is 1. The van der Waals surface area contributed by atoms with E-state index in [0.29, 0.717) is 29.2 Å². The maximum absolute atomic E-state index is 12.4. The highest BCUT2D eigenvalue weighted by molar-refractivity contribution is 5.91. The molecule has 0 radical (unpaired) electrons. The van der Waals surface area contributed by atoms with Gasteiger partial charge in [-0.3, -0.25) is 0 Å². The molecule has 2 N–H and O–H groups in total. The first-order valence-corrected chi connectivity index (χ1v) is 12.6. The number of hydrogen-bond donors (Lipinski definition) is 2. The topological polar surface area (TPSA) is 105 Å². The highest BCUT2D eigenvalue weighted by Crippen LogP contribution is 2.21. The van der Waals surface area contributed by atoms with Crippen LogP contribution in [0, 0.1) is 6.92 Å². The Kier molecular flexibility index (Phi) is 7.83. The smallest absolute Gasteiger partial charge is 0.343 e. The van der Waals surface area contributed by atoms with Gasteiger partial charge in [-0.25, -0.2) is 10.2 Å². The maximum atomic E-state index is 12.4. The van der Waals surface area contributed by atoms with Crippen molar-refractivity contribution >= 4 is 35.7 Å². The van der Waals surface area contributed by atoms with Gasteiger partial charge in [0.25, 0.3) is 0 Å². The predicted molar refractivity (Wildman–Crippen MR) is 149 cm³/mol. The highest BCUT2D eigenvalue weighted by atomic mass is 16.5. The van der Waals surface area contributed by atoms with Gasteiger partial charge in [0.05, 0.1) is 11.8 Å². The maximum Gasteiger partial charge on any atom is 0.343 e. The monoisotopic (exact) mass is 507 g/mol. The number of hydrazone groups is 1. The molecule has 1 aliphatic rings. The second kappa shape index (κ2) is 12.0. The molecule has 4 aromatic rings. The van der Waals surface area contributed by atoms with E-state index in [9.17, 15) is 4.79 Å². The van der Waals surface area contributed by atoms with Crippen LogP contribution in [0.4, 0.5) is 23.5 Å². The molecule has 3 aromatic carbocycles. The average molecular weight is 508 g/mol. The summed E-state index contributed by atoms with van der Waals surface area (Å²) in [5, 5.41) is 7.56. The van der Waals surface area contributed by atoms with E-state index in [1.165, 1.54) is 6.42 Å². The molecule has 9 nitrogen and oxygen atoms in total. The summed E-state index contributed by atoms with van der Waals surface area (Å²) in [7, 11) is 0. The van der Waals surface area contributed by atoms with Crippen LogP contribution in [0.5, 0.6) is 5.75 Å². The lowest BCUT2D eigenvalue weighted by molar-refractivity contribution is 0.0734. The Morgan fingerprint density at radius 2 is 1.66 bits per heavy atom. The molecule has 0 amide bonds. The summed E-state index contributed by atoms with van der Waals surface area (Å²) in [6, 6.07) is 24.2. The lowest BCUT2D eigenvalue weighted by Crippen LogP contribution is -2.31. The first kappa shape index (κ1) is 24.9. The molecule has 0 aliphatic carbocycles. The van der Waals surface area contributed by atoms with E-state index in [2.05, 4.69) is 35.7 Å². The van der Waals surface area contributed by atoms with Gasteiger partial charge in [0.1, 0.15) is 5.75 Å². The van der Waals surface area contributed by atoms with Gasteiger partial charge < -0.3 is 15.0 Å². The second-order valence-electron chi connectivity index (χ2n) is 9.02. The van der Waals surface area contributed by atoms with Crippen molar-refractivity contribution in [1.29, 1.82) is 0 Å². The van der Waals surface area contributed by atoms with Crippen LogP contribution in [-0.4, -0.2) is 40.2 Å². The Labute approximate surface area is 221 Å².